The van der Waals surface area contributed by atoms with Crippen LogP contribution >= 0.6 is 23.2 Å². The van der Waals surface area contributed by atoms with Crippen molar-refractivity contribution in [1.29, 1.82) is 0 Å². The second-order valence-electron chi connectivity index (χ2n) is 3.63. The van der Waals surface area contributed by atoms with Gasteiger partial charge >= 0.3 is 0 Å². The Morgan fingerprint density at radius 1 is 1.35 bits per heavy atom. The van der Waals surface area contributed by atoms with Crippen LogP contribution in [0, 0.1) is 5.82 Å². The third kappa shape index (κ3) is 2.29. The molecular formula is C11H10Cl2FN3. The maximum atomic E-state index is 13.4. The summed E-state index contributed by atoms with van der Waals surface area (Å²) in [5.41, 5.74) is 7.48. The van der Waals surface area contributed by atoms with E-state index in [0.717, 1.165) is 5.56 Å². The lowest BCUT2D eigenvalue weighted by molar-refractivity contribution is 0.628. The normalized spacial score (nSPS) is 10.9. The van der Waals surface area contributed by atoms with Gasteiger partial charge in [-0.2, -0.15) is 5.10 Å². The van der Waals surface area contributed by atoms with E-state index < -0.39 is 5.82 Å². The van der Waals surface area contributed by atoms with E-state index in [0.29, 0.717) is 22.8 Å². The largest absolute Gasteiger partial charge is 0.326 e. The number of aromatic nitrogens is 2. The molecule has 90 valence electrons. The van der Waals surface area contributed by atoms with Gasteiger partial charge in [0.05, 0.1) is 15.7 Å². The predicted molar refractivity (Wildman–Crippen MR) is 66.5 cm³/mol. The van der Waals surface area contributed by atoms with Crippen molar-refractivity contribution in [2.24, 2.45) is 12.8 Å². The minimum Gasteiger partial charge on any atom is -0.326 e. The summed E-state index contributed by atoms with van der Waals surface area (Å²) in [5, 5.41) is 4.57. The van der Waals surface area contributed by atoms with E-state index in [1.807, 2.05) is 0 Å². The summed E-state index contributed by atoms with van der Waals surface area (Å²) in [6, 6.07) is 2.63. The Labute approximate surface area is 108 Å². The highest BCUT2D eigenvalue weighted by molar-refractivity contribution is 6.36. The summed E-state index contributed by atoms with van der Waals surface area (Å²) < 4.78 is 15.0. The number of nitrogens with zero attached hydrogens (tertiary/aromatic N) is 2. The van der Waals surface area contributed by atoms with Gasteiger partial charge in [-0.3, -0.25) is 4.68 Å². The Hall–Kier alpha value is -1.10. The molecule has 0 saturated heterocycles. The molecule has 0 amide bonds. The number of aryl methyl sites for hydroxylation is 1. The number of rotatable bonds is 2. The molecule has 2 rings (SSSR count). The first-order chi connectivity index (χ1) is 8.02. The van der Waals surface area contributed by atoms with Crippen LogP contribution in [0.3, 0.4) is 0 Å². The van der Waals surface area contributed by atoms with Crippen LogP contribution in [0.2, 0.25) is 10.0 Å². The molecule has 6 heteroatoms. The number of nitrogens with two attached hydrogens (primary N) is 1. The topological polar surface area (TPSA) is 43.8 Å². The monoisotopic (exact) mass is 273 g/mol. The fourth-order valence-electron chi connectivity index (χ4n) is 1.62. The number of hydrogen-bond donors (Lipinski definition) is 1. The zero-order chi connectivity index (χ0) is 12.6. The standard InChI is InChI=1S/C11H10Cl2FN3/c1-17-5-6(4-15)11(16-17)7-2-10(14)9(13)3-8(7)12/h2-3,5H,4,15H2,1H3. The molecule has 0 aliphatic carbocycles. The quantitative estimate of drug-likeness (QED) is 0.855. The first-order valence-electron chi connectivity index (χ1n) is 4.90. The van der Waals surface area contributed by atoms with Gasteiger partial charge in [-0.15, -0.1) is 0 Å². The lowest BCUT2D eigenvalue weighted by Crippen LogP contribution is -1.97. The van der Waals surface area contributed by atoms with Crippen LogP contribution < -0.4 is 5.73 Å². The van der Waals surface area contributed by atoms with Crippen LogP contribution in [0.5, 0.6) is 0 Å². The SMILES string of the molecule is Cn1cc(CN)c(-c2cc(F)c(Cl)cc2Cl)n1. The van der Waals surface area contributed by atoms with Crippen LogP contribution in [0.25, 0.3) is 11.3 Å². The number of hydrogen-bond acceptors (Lipinski definition) is 2. The Morgan fingerprint density at radius 2 is 2.06 bits per heavy atom. The predicted octanol–water partition coefficient (Wildman–Crippen LogP) is 2.99. The molecule has 0 bridgehead atoms. The van der Waals surface area contributed by atoms with Crippen molar-refractivity contribution in [2.45, 2.75) is 6.54 Å². The third-order valence-corrected chi connectivity index (χ3v) is 2.99. The van der Waals surface area contributed by atoms with E-state index in [9.17, 15) is 4.39 Å². The Morgan fingerprint density at radius 3 is 2.71 bits per heavy atom. The van der Waals surface area contributed by atoms with E-state index in [1.165, 1.54) is 12.1 Å². The van der Waals surface area contributed by atoms with Crippen molar-refractivity contribution in [1.82, 2.24) is 9.78 Å². The van der Waals surface area contributed by atoms with Gasteiger partial charge in [0.1, 0.15) is 5.82 Å². The van der Waals surface area contributed by atoms with E-state index in [1.54, 1.807) is 17.9 Å². The van der Waals surface area contributed by atoms with Crippen molar-refractivity contribution in [3.63, 3.8) is 0 Å². The maximum Gasteiger partial charge on any atom is 0.142 e. The smallest absolute Gasteiger partial charge is 0.142 e. The Bertz CT molecular complexity index is 566. The average molecular weight is 274 g/mol. The van der Waals surface area contributed by atoms with Gasteiger partial charge in [0.2, 0.25) is 0 Å². The van der Waals surface area contributed by atoms with Crippen molar-refractivity contribution in [2.75, 3.05) is 0 Å². The van der Waals surface area contributed by atoms with Crippen LogP contribution in [-0.4, -0.2) is 9.78 Å². The van der Waals surface area contributed by atoms with Gasteiger partial charge in [0, 0.05) is 30.9 Å². The van der Waals surface area contributed by atoms with Crippen LogP contribution in [-0.2, 0) is 13.6 Å². The molecule has 0 radical (unpaired) electrons. The lowest BCUT2D eigenvalue weighted by atomic mass is 10.1. The minimum absolute atomic E-state index is 0.0102. The molecule has 2 N–H and O–H groups in total. The summed E-state index contributed by atoms with van der Waals surface area (Å²) in [6.45, 7) is 0.309. The molecule has 0 fully saturated rings. The van der Waals surface area contributed by atoms with E-state index in [-0.39, 0.29) is 5.02 Å². The van der Waals surface area contributed by atoms with Gasteiger partial charge in [-0.25, -0.2) is 4.39 Å². The van der Waals surface area contributed by atoms with Gasteiger partial charge < -0.3 is 5.73 Å². The molecule has 0 saturated carbocycles. The van der Waals surface area contributed by atoms with E-state index >= 15 is 0 Å². The first kappa shape index (κ1) is 12.4. The second kappa shape index (κ2) is 4.64. The fourth-order valence-corrected chi connectivity index (χ4v) is 2.09. The molecule has 17 heavy (non-hydrogen) atoms. The minimum atomic E-state index is -0.528. The van der Waals surface area contributed by atoms with E-state index in [4.69, 9.17) is 28.9 Å². The highest BCUT2D eigenvalue weighted by Gasteiger charge is 2.15. The number of benzene rings is 1. The zero-order valence-electron chi connectivity index (χ0n) is 9.04. The molecule has 0 unspecified atom stereocenters. The summed E-state index contributed by atoms with van der Waals surface area (Å²) >= 11 is 11.7. The van der Waals surface area contributed by atoms with Crippen LogP contribution in [0.1, 0.15) is 5.56 Å². The van der Waals surface area contributed by atoms with Crippen molar-refractivity contribution in [3.8, 4) is 11.3 Å². The van der Waals surface area contributed by atoms with Crippen LogP contribution in [0.4, 0.5) is 4.39 Å². The fraction of sp³-hybridized carbons (Fsp3) is 0.182. The van der Waals surface area contributed by atoms with Gasteiger partial charge in [-0.05, 0) is 12.1 Å². The average Bonchev–Trinajstić information content (AvgIpc) is 2.64. The van der Waals surface area contributed by atoms with Gasteiger partial charge in [-0.1, -0.05) is 23.2 Å². The van der Waals surface area contributed by atoms with E-state index in [2.05, 4.69) is 5.10 Å². The Balaban J connectivity index is 2.63. The maximum absolute atomic E-state index is 13.4. The molecule has 1 aromatic heterocycles. The highest BCUT2D eigenvalue weighted by atomic mass is 35.5. The van der Waals surface area contributed by atoms with Gasteiger partial charge in [0.15, 0.2) is 0 Å². The summed E-state index contributed by atoms with van der Waals surface area (Å²) in [5.74, 6) is -0.528. The molecule has 0 aliphatic rings. The summed E-state index contributed by atoms with van der Waals surface area (Å²) in [7, 11) is 1.77. The highest BCUT2D eigenvalue weighted by Crippen LogP contribution is 2.32. The molecule has 3 nitrogen and oxygen atoms in total. The van der Waals surface area contributed by atoms with Crippen molar-refractivity contribution >= 4 is 23.2 Å². The molecule has 0 atom stereocenters. The molecule has 0 aliphatic heterocycles. The van der Waals surface area contributed by atoms with Crippen LogP contribution in [0.15, 0.2) is 18.3 Å². The van der Waals surface area contributed by atoms with Crippen molar-refractivity contribution < 1.29 is 4.39 Å². The lowest BCUT2D eigenvalue weighted by Gasteiger charge is -2.04. The first-order valence-corrected chi connectivity index (χ1v) is 5.66. The summed E-state index contributed by atoms with van der Waals surface area (Å²) in [6.07, 6.45) is 1.78. The third-order valence-electron chi connectivity index (χ3n) is 2.39. The number of halogens is 3. The van der Waals surface area contributed by atoms with Gasteiger partial charge in [0.25, 0.3) is 0 Å². The molecule has 1 heterocycles. The second-order valence-corrected chi connectivity index (χ2v) is 4.44. The molecule has 0 spiro atoms. The zero-order valence-corrected chi connectivity index (χ0v) is 10.6. The summed E-state index contributed by atoms with van der Waals surface area (Å²) in [4.78, 5) is 0. The van der Waals surface area contributed by atoms with Crippen molar-refractivity contribution in [3.05, 3.63) is 39.8 Å². The molecular weight excluding hydrogens is 264 g/mol. The molecule has 2 aromatic rings. The molecule has 1 aromatic carbocycles. The Kier molecular flexibility index (Phi) is 3.38.